The van der Waals surface area contributed by atoms with Crippen LogP contribution in [0.4, 0.5) is 11.4 Å². The van der Waals surface area contributed by atoms with Gasteiger partial charge < -0.3 is 5.32 Å². The molecular weight excluding hydrogens is 360 g/mol. The van der Waals surface area contributed by atoms with Crippen LogP contribution < -0.4 is 9.62 Å². The molecule has 146 valence electrons. The van der Waals surface area contributed by atoms with Gasteiger partial charge in [0.25, 0.3) is 0 Å². The Kier molecular flexibility index (Phi) is 6.31. The molecule has 1 N–H and O–H groups in total. The van der Waals surface area contributed by atoms with E-state index in [2.05, 4.69) is 19.2 Å². The number of anilines is 2. The van der Waals surface area contributed by atoms with Crippen molar-refractivity contribution in [3.8, 4) is 0 Å². The second-order valence-corrected chi connectivity index (χ2v) is 9.16. The van der Waals surface area contributed by atoms with Crippen molar-refractivity contribution in [2.24, 2.45) is 0 Å². The molecule has 2 aromatic carbocycles. The van der Waals surface area contributed by atoms with Crippen molar-refractivity contribution in [2.75, 3.05) is 22.4 Å². The summed E-state index contributed by atoms with van der Waals surface area (Å²) >= 11 is 0. The van der Waals surface area contributed by atoms with Crippen LogP contribution in [0.3, 0.4) is 0 Å². The Morgan fingerprint density at radius 3 is 2.04 bits per heavy atom. The molecule has 6 heteroatoms. The van der Waals surface area contributed by atoms with E-state index in [1.165, 1.54) is 4.31 Å². The number of carbonyl (C=O) groups excluding carboxylic acids is 1. The lowest BCUT2D eigenvalue weighted by Crippen LogP contribution is -2.38. The average molecular weight is 389 g/mol. The number of carbonyl (C=O) groups is 1. The lowest BCUT2D eigenvalue weighted by Gasteiger charge is -2.26. The Balaban J connectivity index is 2.37. The molecular formula is C21H28N2O3S. The summed E-state index contributed by atoms with van der Waals surface area (Å²) in [6.07, 6.45) is 1.12. The van der Waals surface area contributed by atoms with Gasteiger partial charge in [-0.2, -0.15) is 0 Å². The number of para-hydroxylation sites is 2. The van der Waals surface area contributed by atoms with E-state index in [4.69, 9.17) is 0 Å². The zero-order chi connectivity index (χ0) is 20.4. The first-order valence-electron chi connectivity index (χ1n) is 8.95. The number of hydrogen-bond acceptors (Lipinski definition) is 3. The molecule has 0 heterocycles. The number of hydrogen-bond donors (Lipinski definition) is 1. The summed E-state index contributed by atoms with van der Waals surface area (Å²) in [5.74, 6) is -0.121. The average Bonchev–Trinajstić information content (AvgIpc) is 2.54. The van der Waals surface area contributed by atoms with Crippen molar-refractivity contribution in [2.45, 2.75) is 40.5 Å². The van der Waals surface area contributed by atoms with Gasteiger partial charge in [-0.3, -0.25) is 9.10 Å². The van der Waals surface area contributed by atoms with E-state index in [0.29, 0.717) is 5.69 Å². The largest absolute Gasteiger partial charge is 0.324 e. The summed E-state index contributed by atoms with van der Waals surface area (Å²) in [6, 6.07) is 11.4. The van der Waals surface area contributed by atoms with Crippen LogP contribution in [0.5, 0.6) is 0 Å². The predicted molar refractivity (Wildman–Crippen MR) is 112 cm³/mol. The van der Waals surface area contributed by atoms with E-state index in [1.54, 1.807) is 0 Å². The molecule has 0 bridgehead atoms. The molecule has 0 saturated heterocycles. The van der Waals surface area contributed by atoms with Crippen LogP contribution in [-0.4, -0.2) is 27.1 Å². The zero-order valence-electron chi connectivity index (χ0n) is 16.8. The lowest BCUT2D eigenvalue weighted by atomic mass is 9.98. The van der Waals surface area contributed by atoms with Crippen LogP contribution in [0.25, 0.3) is 0 Å². The highest BCUT2D eigenvalue weighted by molar-refractivity contribution is 7.92. The standard InChI is InChI=1S/C21H28N2O3S/c1-14(2)18-12-8-9-15(3)20(18)22-19(24)13-23(27(6,25)26)21-16(4)10-7-11-17(21)5/h7-12,14H,13H2,1-6H3,(H,22,24). The minimum Gasteiger partial charge on any atom is -0.324 e. The van der Waals surface area contributed by atoms with Gasteiger partial charge in [0.15, 0.2) is 0 Å². The van der Waals surface area contributed by atoms with Gasteiger partial charge in [-0.15, -0.1) is 0 Å². The molecule has 2 rings (SSSR count). The first kappa shape index (κ1) is 21.0. The highest BCUT2D eigenvalue weighted by Crippen LogP contribution is 2.29. The fraction of sp³-hybridized carbons (Fsp3) is 0.381. The fourth-order valence-corrected chi connectivity index (χ4v) is 4.18. The highest BCUT2D eigenvalue weighted by Gasteiger charge is 2.24. The molecule has 0 fully saturated rings. The smallest absolute Gasteiger partial charge is 0.245 e. The molecule has 0 aliphatic rings. The van der Waals surface area contributed by atoms with Crippen molar-refractivity contribution < 1.29 is 13.2 Å². The van der Waals surface area contributed by atoms with Gasteiger partial charge in [0, 0.05) is 5.69 Å². The molecule has 27 heavy (non-hydrogen) atoms. The second-order valence-electron chi connectivity index (χ2n) is 7.25. The third kappa shape index (κ3) is 4.89. The van der Waals surface area contributed by atoms with E-state index in [9.17, 15) is 13.2 Å². The maximum atomic E-state index is 12.8. The van der Waals surface area contributed by atoms with Crippen LogP contribution in [0, 0.1) is 20.8 Å². The molecule has 0 radical (unpaired) electrons. The van der Waals surface area contributed by atoms with Gasteiger partial charge in [-0.25, -0.2) is 8.42 Å². The third-order valence-electron chi connectivity index (χ3n) is 4.57. The van der Waals surface area contributed by atoms with Gasteiger partial charge in [-0.1, -0.05) is 50.2 Å². The van der Waals surface area contributed by atoms with Crippen LogP contribution in [-0.2, 0) is 14.8 Å². The minimum atomic E-state index is -3.61. The Morgan fingerprint density at radius 1 is 1.00 bits per heavy atom. The highest BCUT2D eigenvalue weighted by atomic mass is 32.2. The minimum absolute atomic E-state index is 0.241. The number of aryl methyl sites for hydroxylation is 3. The van der Waals surface area contributed by atoms with Crippen molar-refractivity contribution in [1.82, 2.24) is 0 Å². The third-order valence-corrected chi connectivity index (χ3v) is 5.68. The number of rotatable bonds is 6. The monoisotopic (exact) mass is 388 g/mol. The van der Waals surface area contributed by atoms with Gasteiger partial charge in [0.2, 0.25) is 15.9 Å². The summed E-state index contributed by atoms with van der Waals surface area (Å²) in [5.41, 5.74) is 4.92. The van der Waals surface area contributed by atoms with Crippen LogP contribution in [0.2, 0.25) is 0 Å². The maximum absolute atomic E-state index is 12.8. The fourth-order valence-electron chi connectivity index (χ4n) is 3.21. The summed E-state index contributed by atoms with van der Waals surface area (Å²) in [6.45, 7) is 9.47. The molecule has 1 amide bonds. The Labute approximate surface area is 162 Å². The number of benzene rings is 2. The Morgan fingerprint density at radius 2 is 1.52 bits per heavy atom. The molecule has 0 atom stereocenters. The molecule has 5 nitrogen and oxygen atoms in total. The number of nitrogens with one attached hydrogen (secondary N) is 1. The number of amides is 1. The molecule has 0 spiro atoms. The van der Waals surface area contributed by atoms with Gasteiger partial charge in [-0.05, 0) is 48.9 Å². The first-order valence-corrected chi connectivity index (χ1v) is 10.8. The SMILES string of the molecule is Cc1cccc(C(C)C)c1NC(=O)CN(c1c(C)cccc1C)S(C)(=O)=O. The summed E-state index contributed by atoms with van der Waals surface area (Å²) in [4.78, 5) is 12.8. The second kappa shape index (κ2) is 8.13. The van der Waals surface area contributed by atoms with Crippen molar-refractivity contribution in [3.05, 3.63) is 58.7 Å². The number of sulfonamides is 1. The van der Waals surface area contributed by atoms with E-state index in [1.807, 2.05) is 57.2 Å². The zero-order valence-corrected chi connectivity index (χ0v) is 17.6. The molecule has 0 saturated carbocycles. The van der Waals surface area contributed by atoms with Crippen LogP contribution >= 0.6 is 0 Å². The van der Waals surface area contributed by atoms with E-state index in [0.717, 1.165) is 34.2 Å². The first-order chi connectivity index (χ1) is 12.5. The van der Waals surface area contributed by atoms with Gasteiger partial charge in [0.1, 0.15) is 6.54 Å². The molecule has 0 aliphatic heterocycles. The van der Waals surface area contributed by atoms with Crippen molar-refractivity contribution in [1.29, 1.82) is 0 Å². The summed E-state index contributed by atoms with van der Waals surface area (Å²) in [7, 11) is -3.61. The topological polar surface area (TPSA) is 66.5 Å². The predicted octanol–water partition coefficient (Wildman–Crippen LogP) is 4.14. The van der Waals surface area contributed by atoms with Crippen molar-refractivity contribution >= 4 is 27.3 Å². The Bertz CT molecular complexity index is 930. The Hall–Kier alpha value is -2.34. The normalized spacial score (nSPS) is 11.5. The molecule has 0 aliphatic carbocycles. The summed E-state index contributed by atoms with van der Waals surface area (Å²) in [5, 5.41) is 2.93. The van der Waals surface area contributed by atoms with Crippen LogP contribution in [0.1, 0.15) is 42.0 Å². The van der Waals surface area contributed by atoms with E-state index < -0.39 is 10.0 Å². The summed E-state index contributed by atoms with van der Waals surface area (Å²) < 4.78 is 26.0. The van der Waals surface area contributed by atoms with Gasteiger partial charge in [0.05, 0.1) is 11.9 Å². The van der Waals surface area contributed by atoms with E-state index >= 15 is 0 Å². The molecule has 0 unspecified atom stereocenters. The molecule has 0 aromatic heterocycles. The number of nitrogens with zero attached hydrogens (tertiary/aromatic N) is 1. The lowest BCUT2D eigenvalue weighted by molar-refractivity contribution is -0.114. The van der Waals surface area contributed by atoms with Crippen LogP contribution in [0.15, 0.2) is 36.4 Å². The quantitative estimate of drug-likeness (QED) is 0.809. The van der Waals surface area contributed by atoms with Gasteiger partial charge >= 0.3 is 0 Å². The maximum Gasteiger partial charge on any atom is 0.245 e. The van der Waals surface area contributed by atoms with E-state index in [-0.39, 0.29) is 18.4 Å². The molecule has 2 aromatic rings. The van der Waals surface area contributed by atoms with Crippen molar-refractivity contribution in [3.63, 3.8) is 0 Å².